The molecule has 200 valence electrons. The first-order valence-electron chi connectivity index (χ1n) is 14.9. The molecule has 0 radical (unpaired) electrons. The zero-order valence-corrected chi connectivity index (χ0v) is 23.2. The van der Waals surface area contributed by atoms with Crippen LogP contribution in [0.25, 0.3) is 43.1 Å². The smallest absolute Gasteiger partial charge is 0.258 e. The highest BCUT2D eigenvalue weighted by Crippen LogP contribution is 2.44. The fourth-order valence-corrected chi connectivity index (χ4v) is 6.69. The van der Waals surface area contributed by atoms with Crippen LogP contribution < -0.4 is 10.6 Å². The van der Waals surface area contributed by atoms with E-state index in [-0.39, 0.29) is 11.8 Å². The molecule has 2 amide bonds. The first-order valence-corrected chi connectivity index (χ1v) is 14.9. The number of imide groups is 1. The highest BCUT2D eigenvalue weighted by Gasteiger charge is 2.27. The molecule has 0 saturated heterocycles. The molecule has 0 atom stereocenters. The molecular weight excluding hydrogens is 480 g/mol. The van der Waals surface area contributed by atoms with Crippen LogP contribution >= 0.6 is 0 Å². The van der Waals surface area contributed by atoms with Gasteiger partial charge >= 0.3 is 0 Å². The summed E-state index contributed by atoms with van der Waals surface area (Å²) < 4.78 is 0. The predicted octanol–water partition coefficient (Wildman–Crippen LogP) is 9.34. The molecule has 0 saturated carbocycles. The predicted molar refractivity (Wildman–Crippen MR) is 164 cm³/mol. The van der Waals surface area contributed by atoms with E-state index >= 15 is 0 Å². The van der Waals surface area contributed by atoms with Crippen molar-refractivity contribution in [3.8, 4) is 0 Å². The first-order chi connectivity index (χ1) is 19.1. The number of amides is 2. The lowest BCUT2D eigenvalue weighted by Gasteiger charge is -2.24. The van der Waals surface area contributed by atoms with Crippen LogP contribution in [-0.2, 0) is 0 Å². The molecule has 2 N–H and O–H groups in total. The summed E-state index contributed by atoms with van der Waals surface area (Å²) in [6, 6.07) is 19.4. The number of nitrogens with one attached hydrogen (secondary N) is 2. The second-order valence-corrected chi connectivity index (χ2v) is 11.3. The second kappa shape index (κ2) is 10.8. The average Bonchev–Trinajstić information content (AvgIpc) is 2.95. The van der Waals surface area contributed by atoms with E-state index in [1.54, 1.807) is 0 Å². The SMILES string of the molecule is CCCCCCC(CCCCCC)Nc1ccc2c3ccc4c5c(ccc(c6cccc1c62)c53)C(=O)NC4=O. The van der Waals surface area contributed by atoms with Gasteiger partial charge in [0.05, 0.1) is 0 Å². The molecule has 39 heavy (non-hydrogen) atoms. The van der Waals surface area contributed by atoms with Gasteiger partial charge in [-0.2, -0.15) is 0 Å². The minimum absolute atomic E-state index is 0.316. The van der Waals surface area contributed by atoms with Gasteiger partial charge in [-0.15, -0.1) is 0 Å². The van der Waals surface area contributed by atoms with E-state index in [4.69, 9.17) is 0 Å². The van der Waals surface area contributed by atoms with Crippen molar-refractivity contribution in [1.29, 1.82) is 0 Å². The van der Waals surface area contributed by atoms with Crippen LogP contribution in [0.4, 0.5) is 5.69 Å². The lowest BCUT2D eigenvalue weighted by Crippen LogP contribution is -2.34. The lowest BCUT2D eigenvalue weighted by atomic mass is 9.85. The van der Waals surface area contributed by atoms with Crippen molar-refractivity contribution in [2.75, 3.05) is 5.32 Å². The Hall–Kier alpha value is -3.66. The molecule has 1 heterocycles. The molecule has 4 nitrogen and oxygen atoms in total. The van der Waals surface area contributed by atoms with Crippen LogP contribution in [0.5, 0.6) is 0 Å². The molecule has 0 aromatic heterocycles. The van der Waals surface area contributed by atoms with Gasteiger partial charge < -0.3 is 5.32 Å². The normalized spacial score (nSPS) is 13.4. The van der Waals surface area contributed by atoms with E-state index in [0.29, 0.717) is 17.2 Å². The zero-order valence-electron chi connectivity index (χ0n) is 23.2. The highest BCUT2D eigenvalue weighted by atomic mass is 16.2. The number of fused-ring (bicyclic) bond motifs is 2. The molecule has 5 aromatic carbocycles. The van der Waals surface area contributed by atoms with Crippen molar-refractivity contribution in [2.24, 2.45) is 0 Å². The van der Waals surface area contributed by atoms with Crippen molar-refractivity contribution in [3.05, 3.63) is 65.7 Å². The summed E-state index contributed by atoms with van der Waals surface area (Å²) >= 11 is 0. The molecule has 6 rings (SSSR count). The number of anilines is 1. The molecule has 0 spiro atoms. The number of rotatable bonds is 12. The van der Waals surface area contributed by atoms with Crippen molar-refractivity contribution in [3.63, 3.8) is 0 Å². The largest absolute Gasteiger partial charge is 0.382 e. The molecule has 0 aliphatic carbocycles. The Kier molecular flexibility index (Phi) is 7.12. The fraction of sp³-hybridized carbons (Fsp3) is 0.371. The van der Waals surface area contributed by atoms with Gasteiger partial charge in [-0.1, -0.05) is 102 Å². The molecule has 0 fully saturated rings. The molecule has 1 aliphatic rings. The van der Waals surface area contributed by atoms with Crippen molar-refractivity contribution >= 4 is 60.6 Å². The maximum atomic E-state index is 12.7. The average molecular weight is 519 g/mol. The number of carbonyl (C=O) groups excluding carboxylic acids is 2. The van der Waals surface area contributed by atoms with Gasteiger partial charge in [-0.05, 0) is 63.4 Å². The third kappa shape index (κ3) is 4.50. The van der Waals surface area contributed by atoms with Gasteiger partial charge in [0.15, 0.2) is 0 Å². The summed E-state index contributed by atoms with van der Waals surface area (Å²) in [6.45, 7) is 4.55. The monoisotopic (exact) mass is 518 g/mol. The van der Waals surface area contributed by atoms with Crippen molar-refractivity contribution in [1.82, 2.24) is 5.32 Å². The van der Waals surface area contributed by atoms with E-state index in [0.717, 1.165) is 21.5 Å². The number of unbranched alkanes of at least 4 members (excludes halogenated alkanes) is 6. The Morgan fingerprint density at radius 1 is 0.590 bits per heavy atom. The van der Waals surface area contributed by atoms with Gasteiger partial charge in [0, 0.05) is 33.6 Å². The molecular formula is C35H38N2O2. The fourth-order valence-electron chi connectivity index (χ4n) is 6.69. The first kappa shape index (κ1) is 25.6. The molecule has 4 heteroatoms. The van der Waals surface area contributed by atoms with E-state index < -0.39 is 0 Å². The van der Waals surface area contributed by atoms with E-state index in [9.17, 15) is 9.59 Å². The van der Waals surface area contributed by atoms with E-state index in [2.05, 4.69) is 66.9 Å². The summed E-state index contributed by atoms with van der Waals surface area (Å²) in [6.07, 6.45) is 12.7. The van der Waals surface area contributed by atoms with Crippen molar-refractivity contribution in [2.45, 2.75) is 84.1 Å². The Labute approximate surface area is 230 Å². The maximum Gasteiger partial charge on any atom is 0.258 e. The Morgan fingerprint density at radius 3 is 1.74 bits per heavy atom. The molecule has 0 unspecified atom stereocenters. The molecule has 5 aromatic rings. The maximum absolute atomic E-state index is 12.7. The molecule has 1 aliphatic heterocycles. The van der Waals surface area contributed by atoms with Crippen LogP contribution in [-0.4, -0.2) is 17.9 Å². The van der Waals surface area contributed by atoms with Gasteiger partial charge in [0.2, 0.25) is 0 Å². The summed E-state index contributed by atoms with van der Waals surface area (Å²) in [7, 11) is 0. The lowest BCUT2D eigenvalue weighted by molar-refractivity contribution is 0.0845. The van der Waals surface area contributed by atoms with Gasteiger partial charge in [-0.3, -0.25) is 14.9 Å². The highest BCUT2D eigenvalue weighted by molar-refractivity contribution is 6.38. The third-order valence-electron chi connectivity index (χ3n) is 8.67. The quantitative estimate of drug-likeness (QED) is 0.0748. The summed E-state index contributed by atoms with van der Waals surface area (Å²) in [5, 5.41) is 15.3. The third-order valence-corrected chi connectivity index (χ3v) is 8.67. The number of carbonyl (C=O) groups is 2. The Balaban J connectivity index is 1.46. The number of hydrogen-bond acceptors (Lipinski definition) is 3. The zero-order chi connectivity index (χ0) is 26.9. The standard InChI is InChI=1S/C35H38N2O2/c1-3-5-7-9-12-22(13-10-8-6-4-2)36-30-21-20-24-26-17-19-29-33-28(34(38)37-35(29)39)18-16-25(32(26)33)23-14-11-15-27(30)31(23)24/h11,14-22,36H,3-10,12-13H2,1-2H3,(H,37,38,39). The van der Waals surface area contributed by atoms with Gasteiger partial charge in [0.1, 0.15) is 0 Å². The van der Waals surface area contributed by atoms with Crippen LogP contribution in [0.2, 0.25) is 0 Å². The molecule has 0 bridgehead atoms. The van der Waals surface area contributed by atoms with Gasteiger partial charge in [-0.25, -0.2) is 0 Å². The van der Waals surface area contributed by atoms with Crippen molar-refractivity contribution < 1.29 is 9.59 Å². The number of benzene rings is 5. The van der Waals surface area contributed by atoms with Crippen LogP contribution in [0.3, 0.4) is 0 Å². The van der Waals surface area contributed by atoms with Crippen LogP contribution in [0.15, 0.2) is 54.6 Å². The minimum atomic E-state index is -0.316. The summed E-state index contributed by atoms with van der Waals surface area (Å²) in [5.41, 5.74) is 2.36. The summed E-state index contributed by atoms with van der Waals surface area (Å²) in [4.78, 5) is 25.4. The van der Waals surface area contributed by atoms with E-state index in [1.807, 2.05) is 12.1 Å². The van der Waals surface area contributed by atoms with E-state index in [1.165, 1.54) is 91.4 Å². The number of hydrogen-bond donors (Lipinski definition) is 2. The Bertz CT molecular complexity index is 1610. The van der Waals surface area contributed by atoms with Crippen LogP contribution in [0.1, 0.15) is 98.8 Å². The summed E-state index contributed by atoms with van der Waals surface area (Å²) in [5.74, 6) is -0.632. The minimum Gasteiger partial charge on any atom is -0.382 e. The topological polar surface area (TPSA) is 58.2 Å². The van der Waals surface area contributed by atoms with Crippen LogP contribution in [0, 0.1) is 0 Å². The Morgan fingerprint density at radius 2 is 1.13 bits per heavy atom. The second-order valence-electron chi connectivity index (χ2n) is 11.3. The van der Waals surface area contributed by atoms with Gasteiger partial charge in [0.25, 0.3) is 11.8 Å².